The molecule has 4 heteroatoms. The van der Waals surface area contributed by atoms with E-state index in [1.807, 2.05) is 4.68 Å². The fourth-order valence-corrected chi connectivity index (χ4v) is 3.10. The van der Waals surface area contributed by atoms with Gasteiger partial charge in [0.2, 0.25) is 0 Å². The third-order valence-corrected chi connectivity index (χ3v) is 3.88. The van der Waals surface area contributed by atoms with Crippen LogP contribution < -0.4 is 5.73 Å². The molecule has 0 aromatic carbocycles. The van der Waals surface area contributed by atoms with Gasteiger partial charge < -0.3 is 10.8 Å². The van der Waals surface area contributed by atoms with E-state index in [9.17, 15) is 0 Å². The van der Waals surface area contributed by atoms with Crippen LogP contribution in [0, 0.1) is 0 Å². The Hall–Kier alpha value is -0.870. The Bertz CT molecular complexity index is 398. The van der Waals surface area contributed by atoms with Crippen molar-refractivity contribution in [2.75, 3.05) is 13.2 Å². The molecule has 1 aliphatic carbocycles. The summed E-state index contributed by atoms with van der Waals surface area (Å²) in [6, 6.07) is 0. The van der Waals surface area contributed by atoms with E-state index in [1.165, 1.54) is 29.8 Å². The van der Waals surface area contributed by atoms with E-state index in [0.717, 1.165) is 19.4 Å². The van der Waals surface area contributed by atoms with Crippen LogP contribution in [0.2, 0.25) is 0 Å². The molecule has 1 aromatic heterocycles. The summed E-state index contributed by atoms with van der Waals surface area (Å²) in [4.78, 5) is 0. The number of hydrogen-bond donors (Lipinski definition) is 2. The smallest absolute Gasteiger partial charge is 0.0687 e. The van der Waals surface area contributed by atoms with Crippen LogP contribution in [0.4, 0.5) is 0 Å². The van der Waals surface area contributed by atoms with Gasteiger partial charge in [-0.3, -0.25) is 4.68 Å². The van der Waals surface area contributed by atoms with Crippen LogP contribution in [0.3, 0.4) is 0 Å². The minimum atomic E-state index is 0.160. The SMILES string of the molecule is CC(C)c1nn(CCO)c2c1C(CCN)CCC2. The molecule has 1 atom stereocenters. The first-order valence-corrected chi connectivity index (χ1v) is 7.09. The van der Waals surface area contributed by atoms with Crippen LogP contribution >= 0.6 is 0 Å². The number of aliphatic hydroxyl groups excluding tert-OH is 1. The quantitative estimate of drug-likeness (QED) is 0.838. The van der Waals surface area contributed by atoms with Crippen molar-refractivity contribution in [3.05, 3.63) is 17.0 Å². The molecule has 1 unspecified atom stereocenters. The lowest BCUT2D eigenvalue weighted by Crippen LogP contribution is -2.17. The number of fused-ring (bicyclic) bond motifs is 1. The Morgan fingerprint density at radius 2 is 2.28 bits per heavy atom. The summed E-state index contributed by atoms with van der Waals surface area (Å²) in [5.41, 5.74) is 9.74. The van der Waals surface area contributed by atoms with Gasteiger partial charge in [0.1, 0.15) is 0 Å². The Morgan fingerprint density at radius 3 is 2.89 bits per heavy atom. The zero-order chi connectivity index (χ0) is 13.1. The van der Waals surface area contributed by atoms with Crippen LogP contribution in [0.15, 0.2) is 0 Å². The van der Waals surface area contributed by atoms with E-state index >= 15 is 0 Å². The van der Waals surface area contributed by atoms with Gasteiger partial charge in [-0.1, -0.05) is 13.8 Å². The van der Waals surface area contributed by atoms with Crippen molar-refractivity contribution in [3.63, 3.8) is 0 Å². The third-order valence-electron chi connectivity index (χ3n) is 3.88. The highest BCUT2D eigenvalue weighted by Gasteiger charge is 2.28. The first-order chi connectivity index (χ1) is 8.69. The zero-order valence-electron chi connectivity index (χ0n) is 11.5. The molecule has 2 rings (SSSR count). The average molecular weight is 251 g/mol. The summed E-state index contributed by atoms with van der Waals surface area (Å²) in [5, 5.41) is 13.9. The van der Waals surface area contributed by atoms with Crippen LogP contribution in [-0.2, 0) is 13.0 Å². The molecule has 0 bridgehead atoms. The van der Waals surface area contributed by atoms with E-state index in [0.29, 0.717) is 18.4 Å². The van der Waals surface area contributed by atoms with Gasteiger partial charge in [0.15, 0.2) is 0 Å². The molecule has 0 aliphatic heterocycles. The summed E-state index contributed by atoms with van der Waals surface area (Å²) in [6.07, 6.45) is 4.59. The lowest BCUT2D eigenvalue weighted by atomic mass is 9.81. The summed E-state index contributed by atoms with van der Waals surface area (Å²) < 4.78 is 2.02. The monoisotopic (exact) mass is 251 g/mol. The number of nitrogens with zero attached hydrogens (tertiary/aromatic N) is 2. The second-order valence-corrected chi connectivity index (χ2v) is 5.51. The molecule has 0 saturated carbocycles. The summed E-state index contributed by atoms with van der Waals surface area (Å²) in [7, 11) is 0. The van der Waals surface area contributed by atoms with Crippen molar-refractivity contribution in [2.45, 2.75) is 57.9 Å². The maximum atomic E-state index is 9.16. The molecule has 3 N–H and O–H groups in total. The normalized spacial score (nSPS) is 19.3. The van der Waals surface area contributed by atoms with E-state index < -0.39 is 0 Å². The molecule has 0 fully saturated rings. The molecular formula is C14H25N3O. The lowest BCUT2D eigenvalue weighted by molar-refractivity contribution is 0.266. The van der Waals surface area contributed by atoms with Gasteiger partial charge >= 0.3 is 0 Å². The standard InChI is InChI=1S/C14H25N3O/c1-10(2)14-13-11(6-7-15)4-3-5-12(13)17(16-14)8-9-18/h10-11,18H,3-9,15H2,1-2H3. The van der Waals surface area contributed by atoms with Crippen LogP contribution in [0.25, 0.3) is 0 Å². The van der Waals surface area contributed by atoms with Crippen LogP contribution in [0.5, 0.6) is 0 Å². The molecule has 1 heterocycles. The van der Waals surface area contributed by atoms with Gasteiger partial charge in [-0.2, -0.15) is 5.10 Å². The number of nitrogens with two attached hydrogens (primary N) is 1. The van der Waals surface area contributed by atoms with Gasteiger partial charge in [-0.25, -0.2) is 0 Å². The number of rotatable bonds is 5. The summed E-state index contributed by atoms with van der Waals surface area (Å²) in [5.74, 6) is 1.01. The first-order valence-electron chi connectivity index (χ1n) is 7.09. The average Bonchev–Trinajstić information content (AvgIpc) is 2.71. The topological polar surface area (TPSA) is 64.1 Å². The molecule has 0 radical (unpaired) electrons. The van der Waals surface area contributed by atoms with Crippen molar-refractivity contribution in [1.82, 2.24) is 9.78 Å². The van der Waals surface area contributed by atoms with Crippen molar-refractivity contribution in [3.8, 4) is 0 Å². The predicted molar refractivity (Wildman–Crippen MR) is 72.8 cm³/mol. The van der Waals surface area contributed by atoms with Gasteiger partial charge in [0.05, 0.1) is 18.8 Å². The van der Waals surface area contributed by atoms with Crippen molar-refractivity contribution >= 4 is 0 Å². The van der Waals surface area contributed by atoms with Gasteiger partial charge in [-0.05, 0) is 49.6 Å². The first kappa shape index (κ1) is 13.6. The molecule has 4 nitrogen and oxygen atoms in total. The van der Waals surface area contributed by atoms with Crippen LogP contribution in [0.1, 0.15) is 61.9 Å². The minimum absolute atomic E-state index is 0.160. The molecule has 1 aromatic rings. The number of aromatic nitrogens is 2. The summed E-state index contributed by atoms with van der Waals surface area (Å²) in [6.45, 7) is 5.91. The highest BCUT2D eigenvalue weighted by atomic mass is 16.3. The lowest BCUT2D eigenvalue weighted by Gasteiger charge is -2.24. The number of aliphatic hydroxyl groups is 1. The minimum Gasteiger partial charge on any atom is -0.394 e. The Morgan fingerprint density at radius 1 is 1.50 bits per heavy atom. The van der Waals surface area contributed by atoms with E-state index in [1.54, 1.807) is 0 Å². The summed E-state index contributed by atoms with van der Waals surface area (Å²) >= 11 is 0. The van der Waals surface area contributed by atoms with Crippen LogP contribution in [-0.4, -0.2) is 28.0 Å². The fourth-order valence-electron chi connectivity index (χ4n) is 3.10. The third kappa shape index (κ3) is 2.45. The van der Waals surface area contributed by atoms with Gasteiger partial charge in [0.25, 0.3) is 0 Å². The Labute approximate surface area is 109 Å². The second-order valence-electron chi connectivity index (χ2n) is 5.51. The van der Waals surface area contributed by atoms with E-state index in [4.69, 9.17) is 15.9 Å². The van der Waals surface area contributed by atoms with Crippen molar-refractivity contribution in [2.24, 2.45) is 5.73 Å². The Kier molecular flexibility index (Phi) is 4.40. The largest absolute Gasteiger partial charge is 0.394 e. The molecule has 102 valence electrons. The zero-order valence-corrected chi connectivity index (χ0v) is 11.5. The molecule has 0 saturated heterocycles. The highest BCUT2D eigenvalue weighted by molar-refractivity contribution is 5.34. The van der Waals surface area contributed by atoms with Crippen molar-refractivity contribution in [1.29, 1.82) is 0 Å². The number of hydrogen-bond acceptors (Lipinski definition) is 3. The fraction of sp³-hybridized carbons (Fsp3) is 0.786. The highest BCUT2D eigenvalue weighted by Crippen LogP contribution is 2.38. The molecular weight excluding hydrogens is 226 g/mol. The molecule has 0 amide bonds. The van der Waals surface area contributed by atoms with Gasteiger partial charge in [0, 0.05) is 5.69 Å². The maximum Gasteiger partial charge on any atom is 0.0687 e. The molecule has 0 spiro atoms. The Balaban J connectivity index is 2.42. The van der Waals surface area contributed by atoms with E-state index in [2.05, 4.69) is 13.8 Å². The second kappa shape index (κ2) is 5.85. The molecule has 18 heavy (non-hydrogen) atoms. The van der Waals surface area contributed by atoms with Gasteiger partial charge in [-0.15, -0.1) is 0 Å². The maximum absolute atomic E-state index is 9.16. The van der Waals surface area contributed by atoms with E-state index in [-0.39, 0.29) is 6.61 Å². The van der Waals surface area contributed by atoms with Crippen molar-refractivity contribution < 1.29 is 5.11 Å². The predicted octanol–water partition coefficient (Wildman–Crippen LogP) is 1.77. The molecule has 1 aliphatic rings.